The zero-order valence-corrected chi connectivity index (χ0v) is 18.2. The van der Waals surface area contributed by atoms with Gasteiger partial charge in [-0.05, 0) is 29.8 Å². The first kappa shape index (κ1) is 21.0. The van der Waals surface area contributed by atoms with Crippen molar-refractivity contribution >= 4 is 17.5 Å². The fourth-order valence-corrected chi connectivity index (χ4v) is 4.03. The van der Waals surface area contributed by atoms with E-state index in [9.17, 15) is 14.0 Å². The number of hydrogen-bond acceptors (Lipinski definition) is 5. The van der Waals surface area contributed by atoms with Crippen molar-refractivity contribution in [3.8, 4) is 16.9 Å². The van der Waals surface area contributed by atoms with E-state index in [4.69, 9.17) is 11.6 Å². The second-order valence-electron chi connectivity index (χ2n) is 7.75. The van der Waals surface area contributed by atoms with Crippen LogP contribution in [0.15, 0.2) is 65.8 Å². The molecule has 33 heavy (non-hydrogen) atoms. The quantitative estimate of drug-likeness (QED) is 0.501. The Morgan fingerprint density at radius 3 is 2.76 bits per heavy atom. The summed E-state index contributed by atoms with van der Waals surface area (Å²) >= 11 is 5.99. The first-order chi connectivity index (χ1) is 15.9. The summed E-state index contributed by atoms with van der Waals surface area (Å²) in [6.45, 7) is 0. The second-order valence-corrected chi connectivity index (χ2v) is 8.19. The van der Waals surface area contributed by atoms with Crippen LogP contribution < -0.4 is 10.9 Å². The first-order valence-corrected chi connectivity index (χ1v) is 10.6. The lowest BCUT2D eigenvalue weighted by atomic mass is 10.1. The number of pyridine rings is 1. The highest BCUT2D eigenvalue weighted by molar-refractivity contribution is 6.30. The molecule has 3 aromatic heterocycles. The molecule has 166 valence electrons. The largest absolute Gasteiger partial charge is 0.342 e. The molecular weight excluding hydrogens is 447 g/mol. The van der Waals surface area contributed by atoms with Crippen LogP contribution in [0.4, 0.5) is 4.39 Å². The van der Waals surface area contributed by atoms with Crippen molar-refractivity contribution < 1.29 is 9.18 Å². The van der Waals surface area contributed by atoms with Crippen LogP contribution in [0, 0.1) is 0 Å². The van der Waals surface area contributed by atoms with Crippen LogP contribution in [0.25, 0.3) is 16.9 Å². The Morgan fingerprint density at radius 1 is 1.24 bits per heavy atom. The summed E-state index contributed by atoms with van der Waals surface area (Å²) in [6, 6.07) is 10.8. The molecule has 1 aliphatic carbocycles. The number of nitrogens with zero attached hydrogens (tertiary/aromatic N) is 5. The first-order valence-electron chi connectivity index (χ1n) is 10.2. The number of alkyl halides is 1. The summed E-state index contributed by atoms with van der Waals surface area (Å²) in [5, 5.41) is 11.7. The third-order valence-electron chi connectivity index (χ3n) is 5.53. The van der Waals surface area contributed by atoms with Gasteiger partial charge < -0.3 is 5.32 Å². The maximum atomic E-state index is 14.7. The minimum absolute atomic E-state index is 0.105. The number of rotatable bonds is 4. The van der Waals surface area contributed by atoms with Crippen LogP contribution in [-0.2, 0) is 13.5 Å². The van der Waals surface area contributed by atoms with Crippen molar-refractivity contribution in [3.63, 3.8) is 0 Å². The number of aryl methyl sites for hydroxylation is 1. The number of nitrogens with one attached hydrogen (secondary N) is 1. The number of benzene rings is 1. The van der Waals surface area contributed by atoms with Gasteiger partial charge in [-0.3, -0.25) is 19.3 Å². The molecule has 1 aliphatic rings. The molecule has 4 aromatic rings. The number of amides is 1. The lowest BCUT2D eigenvalue weighted by Crippen LogP contribution is -2.37. The maximum absolute atomic E-state index is 14.7. The van der Waals surface area contributed by atoms with Crippen LogP contribution >= 0.6 is 11.6 Å². The molecule has 1 aromatic carbocycles. The summed E-state index contributed by atoms with van der Waals surface area (Å²) in [5.74, 6) is -0.695. The normalized spacial score (nSPS) is 17.1. The van der Waals surface area contributed by atoms with E-state index in [2.05, 4.69) is 20.5 Å². The monoisotopic (exact) mass is 464 g/mol. The fourth-order valence-electron chi connectivity index (χ4n) is 3.90. The number of carbonyl (C=O) groups is 1. The number of aromatic nitrogens is 5. The van der Waals surface area contributed by atoms with Crippen molar-refractivity contribution in [2.75, 3.05) is 0 Å². The Bertz CT molecular complexity index is 1420. The molecule has 10 heteroatoms. The molecule has 0 saturated heterocycles. The van der Waals surface area contributed by atoms with Crippen LogP contribution in [0.2, 0.25) is 5.02 Å². The molecule has 0 radical (unpaired) electrons. The number of fused-ring (bicyclic) bond motifs is 1. The third kappa shape index (κ3) is 3.91. The van der Waals surface area contributed by atoms with Gasteiger partial charge in [-0.25, -0.2) is 4.39 Å². The molecular formula is C23H18ClFN6O2. The highest BCUT2D eigenvalue weighted by Gasteiger charge is 2.35. The predicted molar refractivity (Wildman–Crippen MR) is 120 cm³/mol. The van der Waals surface area contributed by atoms with E-state index >= 15 is 0 Å². The molecule has 0 bridgehead atoms. The van der Waals surface area contributed by atoms with Gasteiger partial charge in [0.1, 0.15) is 17.4 Å². The van der Waals surface area contributed by atoms with Gasteiger partial charge in [0.05, 0.1) is 24.1 Å². The zero-order chi connectivity index (χ0) is 23.1. The lowest BCUT2D eigenvalue weighted by Gasteiger charge is -2.17. The average Bonchev–Trinajstić information content (AvgIpc) is 3.37. The van der Waals surface area contributed by atoms with Crippen LogP contribution in [0.1, 0.15) is 27.7 Å². The van der Waals surface area contributed by atoms with E-state index in [-0.39, 0.29) is 12.0 Å². The Morgan fingerprint density at radius 2 is 2.03 bits per heavy atom. The molecule has 0 saturated carbocycles. The molecule has 1 amide bonds. The number of carbonyl (C=O) groups excluding carboxylic acids is 1. The van der Waals surface area contributed by atoms with E-state index in [1.165, 1.54) is 16.9 Å². The van der Waals surface area contributed by atoms with Crippen molar-refractivity contribution in [2.24, 2.45) is 7.05 Å². The molecule has 2 atom stereocenters. The number of halogens is 2. The average molecular weight is 465 g/mol. The van der Waals surface area contributed by atoms with E-state index in [0.29, 0.717) is 33.2 Å². The van der Waals surface area contributed by atoms with E-state index in [1.807, 2.05) is 0 Å². The molecule has 1 N–H and O–H groups in total. The second kappa shape index (κ2) is 8.25. The van der Waals surface area contributed by atoms with Gasteiger partial charge in [0, 0.05) is 35.9 Å². The van der Waals surface area contributed by atoms with Gasteiger partial charge >= 0.3 is 0 Å². The van der Waals surface area contributed by atoms with Crippen LogP contribution in [-0.4, -0.2) is 36.6 Å². The van der Waals surface area contributed by atoms with E-state index in [1.54, 1.807) is 55.8 Å². The maximum Gasteiger partial charge on any atom is 0.284 e. The number of hydrogen-bond donors (Lipinski definition) is 1. The van der Waals surface area contributed by atoms with Crippen LogP contribution in [0.5, 0.6) is 0 Å². The minimum atomic E-state index is -1.34. The van der Waals surface area contributed by atoms with Crippen molar-refractivity contribution in [1.82, 2.24) is 29.9 Å². The highest BCUT2D eigenvalue weighted by atomic mass is 35.5. The molecule has 3 heterocycles. The van der Waals surface area contributed by atoms with Gasteiger partial charge in [0.25, 0.3) is 11.5 Å². The van der Waals surface area contributed by atoms with E-state index in [0.717, 1.165) is 4.68 Å². The lowest BCUT2D eigenvalue weighted by molar-refractivity contribution is 0.0912. The Kier molecular flexibility index (Phi) is 5.26. The summed E-state index contributed by atoms with van der Waals surface area (Å²) < 4.78 is 17.3. The minimum Gasteiger partial charge on any atom is -0.342 e. The molecule has 0 aliphatic heterocycles. The molecule has 1 unspecified atom stereocenters. The summed E-state index contributed by atoms with van der Waals surface area (Å²) in [4.78, 5) is 30.6. The van der Waals surface area contributed by atoms with Gasteiger partial charge in [0.15, 0.2) is 0 Å². The SMILES string of the molecule is Cn1cc(-n2nc(-c3ccc(Cl)cc3)cc(C(=O)N[C@@H]3c4cccnc4CC3F)c2=O)cn1. The topological polar surface area (TPSA) is 94.7 Å². The Labute approximate surface area is 192 Å². The molecule has 8 nitrogen and oxygen atoms in total. The highest BCUT2D eigenvalue weighted by Crippen LogP contribution is 2.32. The van der Waals surface area contributed by atoms with Gasteiger partial charge in [0.2, 0.25) is 0 Å². The fraction of sp³-hybridized carbons (Fsp3) is 0.174. The summed E-state index contributed by atoms with van der Waals surface area (Å²) in [6.07, 6.45) is 3.44. The standard InChI is InChI=1S/C23H18ClFN6O2/c1-30-12-15(11-27-30)31-23(33)17(9-19(29-31)13-4-6-14(24)7-5-13)22(32)28-21-16-3-2-8-26-20(16)10-18(21)25/h2-9,11-12,18,21H,10H2,1H3,(H,28,32)/t18?,21-/m1/s1. The van der Waals surface area contributed by atoms with Gasteiger partial charge in [-0.1, -0.05) is 29.8 Å². The Hall–Kier alpha value is -3.85. The van der Waals surface area contributed by atoms with Gasteiger partial charge in [-0.2, -0.15) is 14.9 Å². The van der Waals surface area contributed by atoms with Crippen molar-refractivity contribution in [2.45, 2.75) is 18.6 Å². The molecule has 0 spiro atoms. The smallest absolute Gasteiger partial charge is 0.284 e. The third-order valence-corrected chi connectivity index (χ3v) is 5.78. The summed E-state index contributed by atoms with van der Waals surface area (Å²) in [5.41, 5.74) is 1.83. The predicted octanol–water partition coefficient (Wildman–Crippen LogP) is 3.05. The van der Waals surface area contributed by atoms with Crippen molar-refractivity contribution in [3.05, 3.63) is 93.3 Å². The van der Waals surface area contributed by atoms with Gasteiger partial charge in [-0.15, -0.1) is 0 Å². The Balaban J connectivity index is 1.59. The van der Waals surface area contributed by atoms with Crippen molar-refractivity contribution in [1.29, 1.82) is 0 Å². The van der Waals surface area contributed by atoms with E-state index < -0.39 is 23.7 Å². The molecule has 0 fully saturated rings. The van der Waals surface area contributed by atoms with Crippen LogP contribution in [0.3, 0.4) is 0 Å². The summed E-state index contributed by atoms with van der Waals surface area (Å²) in [7, 11) is 1.71. The molecule has 5 rings (SSSR count). The zero-order valence-electron chi connectivity index (χ0n) is 17.4.